The van der Waals surface area contributed by atoms with Crippen LogP contribution in [0.25, 0.3) is 0 Å². The summed E-state index contributed by atoms with van der Waals surface area (Å²) in [7, 11) is 5.14. The Morgan fingerprint density at radius 3 is 2.29 bits per heavy atom. The Bertz CT molecular complexity index is 762. The number of aryl methyl sites for hydroxylation is 1. The number of rotatable bonds is 10. The third-order valence-electron chi connectivity index (χ3n) is 4.30. The molecular formula is C22H31N3O3. The number of hydrogen-bond acceptors (Lipinski definition) is 4. The van der Waals surface area contributed by atoms with E-state index in [9.17, 15) is 0 Å². The molecule has 0 bridgehead atoms. The van der Waals surface area contributed by atoms with Gasteiger partial charge in [-0.3, -0.25) is 4.99 Å². The highest BCUT2D eigenvalue weighted by Crippen LogP contribution is 2.20. The largest absolute Gasteiger partial charge is 0.491 e. The number of nitrogens with one attached hydrogen (secondary N) is 2. The van der Waals surface area contributed by atoms with Crippen LogP contribution in [0.2, 0.25) is 0 Å². The minimum absolute atomic E-state index is 0.524. The lowest BCUT2D eigenvalue weighted by Crippen LogP contribution is -2.36. The Morgan fingerprint density at radius 1 is 0.893 bits per heavy atom. The van der Waals surface area contributed by atoms with E-state index < -0.39 is 0 Å². The summed E-state index contributed by atoms with van der Waals surface area (Å²) in [5.41, 5.74) is 4.59. The lowest BCUT2D eigenvalue weighted by atomic mass is 10.1. The lowest BCUT2D eigenvalue weighted by Gasteiger charge is -2.16. The van der Waals surface area contributed by atoms with Crippen LogP contribution >= 0.6 is 0 Å². The molecule has 0 spiro atoms. The molecular weight excluding hydrogens is 354 g/mol. The van der Waals surface area contributed by atoms with E-state index in [1.165, 1.54) is 11.1 Å². The van der Waals surface area contributed by atoms with E-state index in [2.05, 4.69) is 46.8 Å². The van der Waals surface area contributed by atoms with E-state index in [0.717, 1.165) is 22.8 Å². The predicted molar refractivity (Wildman–Crippen MR) is 113 cm³/mol. The van der Waals surface area contributed by atoms with Crippen LogP contribution in [-0.2, 0) is 29.2 Å². The molecule has 0 aliphatic rings. The molecule has 0 radical (unpaired) electrons. The zero-order chi connectivity index (χ0) is 20.2. The van der Waals surface area contributed by atoms with Crippen LogP contribution in [0.1, 0.15) is 22.3 Å². The average molecular weight is 386 g/mol. The van der Waals surface area contributed by atoms with Gasteiger partial charge in [0.2, 0.25) is 0 Å². The molecule has 0 aliphatic heterocycles. The molecule has 0 saturated carbocycles. The number of benzene rings is 2. The Kier molecular flexibility index (Phi) is 9.31. The van der Waals surface area contributed by atoms with Gasteiger partial charge in [-0.1, -0.05) is 36.4 Å². The maximum absolute atomic E-state index is 5.86. The first-order valence-electron chi connectivity index (χ1n) is 9.39. The van der Waals surface area contributed by atoms with Crippen LogP contribution < -0.4 is 15.4 Å². The fraction of sp³-hybridized carbons (Fsp3) is 0.409. The molecule has 2 aromatic rings. The van der Waals surface area contributed by atoms with Gasteiger partial charge in [0, 0.05) is 39.9 Å². The summed E-state index contributed by atoms with van der Waals surface area (Å²) in [4.78, 5) is 4.32. The van der Waals surface area contributed by atoms with Gasteiger partial charge in [0.25, 0.3) is 0 Å². The van der Waals surface area contributed by atoms with Crippen LogP contribution in [0.3, 0.4) is 0 Å². The minimum atomic E-state index is 0.524. The van der Waals surface area contributed by atoms with Crippen LogP contribution in [0.5, 0.6) is 5.75 Å². The van der Waals surface area contributed by atoms with E-state index in [-0.39, 0.29) is 0 Å². The van der Waals surface area contributed by atoms with Crippen molar-refractivity contribution in [1.82, 2.24) is 10.6 Å². The minimum Gasteiger partial charge on any atom is -0.491 e. The van der Waals surface area contributed by atoms with Gasteiger partial charge >= 0.3 is 0 Å². The van der Waals surface area contributed by atoms with E-state index in [0.29, 0.717) is 32.9 Å². The number of methoxy groups -OCH3 is 2. The van der Waals surface area contributed by atoms with Crippen molar-refractivity contribution in [3.8, 4) is 5.75 Å². The van der Waals surface area contributed by atoms with Gasteiger partial charge in [0.05, 0.1) is 13.2 Å². The highest BCUT2D eigenvalue weighted by atomic mass is 16.5. The second kappa shape index (κ2) is 12.0. The summed E-state index contributed by atoms with van der Waals surface area (Å²) in [5, 5.41) is 6.71. The van der Waals surface area contributed by atoms with Crippen molar-refractivity contribution in [2.75, 3.05) is 34.5 Å². The van der Waals surface area contributed by atoms with Gasteiger partial charge in [-0.25, -0.2) is 0 Å². The van der Waals surface area contributed by atoms with E-state index in [4.69, 9.17) is 14.2 Å². The zero-order valence-electron chi connectivity index (χ0n) is 17.2. The van der Waals surface area contributed by atoms with Crippen molar-refractivity contribution in [2.45, 2.75) is 26.6 Å². The molecule has 0 fully saturated rings. The van der Waals surface area contributed by atoms with Gasteiger partial charge < -0.3 is 24.8 Å². The monoisotopic (exact) mass is 385 g/mol. The van der Waals surface area contributed by atoms with Crippen LogP contribution in [0.15, 0.2) is 47.5 Å². The Hall–Kier alpha value is -2.57. The predicted octanol–water partition coefficient (Wildman–Crippen LogP) is 3.03. The molecule has 2 rings (SSSR count). The summed E-state index contributed by atoms with van der Waals surface area (Å²) in [6.07, 6.45) is 0. The van der Waals surface area contributed by atoms with Gasteiger partial charge in [-0.2, -0.15) is 0 Å². The van der Waals surface area contributed by atoms with Gasteiger partial charge in [-0.05, 0) is 29.7 Å². The molecule has 152 valence electrons. The fourth-order valence-electron chi connectivity index (χ4n) is 2.78. The zero-order valence-corrected chi connectivity index (χ0v) is 17.2. The summed E-state index contributed by atoms with van der Waals surface area (Å²) in [5.74, 6) is 1.60. The molecule has 0 amide bonds. The van der Waals surface area contributed by atoms with E-state index in [1.54, 1.807) is 21.3 Å². The number of nitrogens with zero attached hydrogens (tertiary/aromatic N) is 1. The Labute approximate surface area is 167 Å². The molecule has 0 aromatic heterocycles. The molecule has 0 atom stereocenters. The molecule has 0 aliphatic carbocycles. The van der Waals surface area contributed by atoms with Gasteiger partial charge in [0.15, 0.2) is 5.96 Å². The van der Waals surface area contributed by atoms with Crippen LogP contribution in [-0.4, -0.2) is 40.4 Å². The standard InChI is InChI=1S/C22H31N3O3/c1-17-9-10-19(21(13-17)28-12-11-26-3)15-25-22(23-2)24-14-18-7-5-6-8-20(18)16-27-4/h5-10,13H,11-12,14-16H2,1-4H3,(H2,23,24,25). The van der Waals surface area contributed by atoms with Crippen molar-refractivity contribution in [3.05, 3.63) is 64.7 Å². The first-order valence-corrected chi connectivity index (χ1v) is 9.39. The number of ether oxygens (including phenoxy) is 3. The number of guanidine groups is 1. The molecule has 0 heterocycles. The molecule has 28 heavy (non-hydrogen) atoms. The number of aliphatic imine (C=N–C) groups is 1. The second-order valence-electron chi connectivity index (χ2n) is 6.43. The highest BCUT2D eigenvalue weighted by molar-refractivity contribution is 5.79. The Balaban J connectivity index is 1.95. The smallest absolute Gasteiger partial charge is 0.191 e. The van der Waals surface area contributed by atoms with Crippen LogP contribution in [0, 0.1) is 6.92 Å². The average Bonchev–Trinajstić information content (AvgIpc) is 2.71. The van der Waals surface area contributed by atoms with Crippen molar-refractivity contribution < 1.29 is 14.2 Å². The first kappa shape index (κ1) is 21.7. The van der Waals surface area contributed by atoms with Crippen molar-refractivity contribution in [1.29, 1.82) is 0 Å². The van der Waals surface area contributed by atoms with Crippen molar-refractivity contribution in [3.63, 3.8) is 0 Å². The normalized spacial score (nSPS) is 11.4. The molecule has 6 nitrogen and oxygen atoms in total. The van der Waals surface area contributed by atoms with Crippen LogP contribution in [0.4, 0.5) is 0 Å². The molecule has 0 unspecified atom stereocenters. The van der Waals surface area contributed by atoms with Gasteiger partial charge in [0.1, 0.15) is 12.4 Å². The molecule has 2 aromatic carbocycles. The maximum Gasteiger partial charge on any atom is 0.191 e. The number of hydrogen-bond donors (Lipinski definition) is 2. The topological polar surface area (TPSA) is 64.1 Å². The highest BCUT2D eigenvalue weighted by Gasteiger charge is 2.07. The first-order chi connectivity index (χ1) is 13.7. The van der Waals surface area contributed by atoms with Crippen molar-refractivity contribution >= 4 is 5.96 Å². The molecule has 2 N–H and O–H groups in total. The quantitative estimate of drug-likeness (QED) is 0.374. The fourth-order valence-corrected chi connectivity index (χ4v) is 2.78. The summed E-state index contributed by atoms with van der Waals surface area (Å²) in [6, 6.07) is 14.4. The third-order valence-corrected chi connectivity index (χ3v) is 4.30. The molecule has 6 heteroatoms. The van der Waals surface area contributed by atoms with Gasteiger partial charge in [-0.15, -0.1) is 0 Å². The molecule has 0 saturated heterocycles. The van der Waals surface area contributed by atoms with E-state index in [1.807, 2.05) is 18.2 Å². The maximum atomic E-state index is 5.86. The third kappa shape index (κ3) is 6.87. The SMILES string of the molecule is CN=C(NCc1ccccc1COC)NCc1ccc(C)cc1OCCOC. The summed E-state index contributed by atoms with van der Waals surface area (Å²) >= 11 is 0. The summed E-state index contributed by atoms with van der Waals surface area (Å²) < 4.78 is 16.2. The van der Waals surface area contributed by atoms with E-state index >= 15 is 0 Å². The van der Waals surface area contributed by atoms with Crippen molar-refractivity contribution in [2.24, 2.45) is 4.99 Å². The Morgan fingerprint density at radius 2 is 1.61 bits per heavy atom. The second-order valence-corrected chi connectivity index (χ2v) is 6.43. The lowest BCUT2D eigenvalue weighted by molar-refractivity contribution is 0.145. The summed E-state index contributed by atoms with van der Waals surface area (Å²) in [6.45, 7) is 5.02.